The number of benzene rings is 2. The third-order valence-electron chi connectivity index (χ3n) is 3.93. The van der Waals surface area contributed by atoms with E-state index in [-0.39, 0.29) is 12.1 Å². The second kappa shape index (κ2) is 9.05. The highest BCUT2D eigenvalue weighted by Crippen LogP contribution is 2.28. The number of Topliss-reactive ketones (excluding diaryl/α,β-unsaturated/α-hetero) is 1. The highest BCUT2D eigenvalue weighted by atomic mass is 19.1. The van der Waals surface area contributed by atoms with Crippen LogP contribution in [0, 0.1) is 17.0 Å². The summed E-state index contributed by atoms with van der Waals surface area (Å²) in [5.41, 5.74) is 1.52. The molecule has 2 rings (SSSR count). The molecule has 2 aromatic carbocycles. The van der Waals surface area contributed by atoms with Gasteiger partial charge in [0.15, 0.2) is 5.78 Å². The molecular formula is C19H22F2N4O. The molecule has 0 atom stereocenters. The molecule has 0 aliphatic heterocycles. The summed E-state index contributed by atoms with van der Waals surface area (Å²) in [5, 5.41) is 10.7. The average molecular weight is 360 g/mol. The second-order valence-corrected chi connectivity index (χ2v) is 5.85. The first-order valence-corrected chi connectivity index (χ1v) is 8.17. The van der Waals surface area contributed by atoms with Crippen LogP contribution in [0.15, 0.2) is 42.5 Å². The molecule has 0 saturated carbocycles. The number of para-hydroxylation sites is 2. The lowest BCUT2D eigenvalue weighted by Crippen LogP contribution is -2.32. The largest absolute Gasteiger partial charge is 0.365 e. The first-order chi connectivity index (χ1) is 12.5. The van der Waals surface area contributed by atoms with E-state index >= 15 is 0 Å². The van der Waals surface area contributed by atoms with Gasteiger partial charge in [-0.1, -0.05) is 12.1 Å². The molecule has 0 aliphatic carbocycles. The summed E-state index contributed by atoms with van der Waals surface area (Å²) in [5.74, 6) is -1.95. The molecule has 0 bridgehead atoms. The van der Waals surface area contributed by atoms with Crippen LogP contribution in [-0.2, 0) is 0 Å². The summed E-state index contributed by atoms with van der Waals surface area (Å²) in [6.45, 7) is 1.24. The molecule has 2 N–H and O–H groups in total. The van der Waals surface area contributed by atoms with Crippen molar-refractivity contribution in [1.29, 1.82) is 5.41 Å². The number of hydrogen-bond acceptors (Lipinski definition) is 4. The first kappa shape index (κ1) is 19.5. The lowest BCUT2D eigenvalue weighted by Gasteiger charge is -2.27. The topological polar surface area (TPSA) is 59.4 Å². The van der Waals surface area contributed by atoms with E-state index < -0.39 is 17.4 Å². The van der Waals surface area contributed by atoms with Crippen molar-refractivity contribution in [2.24, 2.45) is 0 Å². The van der Waals surface area contributed by atoms with Crippen LogP contribution >= 0.6 is 0 Å². The zero-order chi connectivity index (χ0) is 19.1. The summed E-state index contributed by atoms with van der Waals surface area (Å²) < 4.78 is 26.7. The summed E-state index contributed by atoms with van der Waals surface area (Å²) >= 11 is 0. The Balaban J connectivity index is 2.22. The van der Waals surface area contributed by atoms with Gasteiger partial charge in [0.1, 0.15) is 11.6 Å². The maximum absolute atomic E-state index is 13.3. The molecule has 0 aromatic heterocycles. The quantitative estimate of drug-likeness (QED) is 0.410. The third kappa shape index (κ3) is 4.86. The van der Waals surface area contributed by atoms with Crippen molar-refractivity contribution in [2.75, 3.05) is 43.5 Å². The van der Waals surface area contributed by atoms with Gasteiger partial charge >= 0.3 is 0 Å². The van der Waals surface area contributed by atoms with Gasteiger partial charge in [-0.05, 0) is 31.3 Å². The van der Waals surface area contributed by atoms with Crippen molar-refractivity contribution >= 4 is 23.5 Å². The molecule has 0 spiro atoms. The Kier molecular flexibility index (Phi) is 6.80. The predicted octanol–water partition coefficient (Wildman–Crippen LogP) is 2.92. The van der Waals surface area contributed by atoms with Crippen molar-refractivity contribution in [3.63, 3.8) is 0 Å². The minimum atomic E-state index is -0.779. The fourth-order valence-corrected chi connectivity index (χ4v) is 2.62. The average Bonchev–Trinajstić information content (AvgIpc) is 2.61. The second-order valence-electron chi connectivity index (χ2n) is 5.85. The zero-order valence-electron chi connectivity index (χ0n) is 14.8. The minimum Gasteiger partial charge on any atom is -0.365 e. The molecule has 0 amide bonds. The van der Waals surface area contributed by atoms with Gasteiger partial charge in [-0.2, -0.15) is 0 Å². The number of rotatable bonds is 9. The van der Waals surface area contributed by atoms with E-state index in [4.69, 9.17) is 5.41 Å². The van der Waals surface area contributed by atoms with Crippen LogP contribution in [0.25, 0.3) is 0 Å². The maximum atomic E-state index is 13.3. The lowest BCUT2D eigenvalue weighted by molar-refractivity contribution is 0.0999. The Morgan fingerprint density at radius 3 is 2.35 bits per heavy atom. The van der Waals surface area contributed by atoms with E-state index in [1.165, 1.54) is 6.34 Å². The van der Waals surface area contributed by atoms with Crippen molar-refractivity contribution in [2.45, 2.75) is 0 Å². The van der Waals surface area contributed by atoms with E-state index in [0.29, 0.717) is 13.1 Å². The molecule has 0 radical (unpaired) electrons. The predicted molar refractivity (Wildman–Crippen MR) is 100 cm³/mol. The van der Waals surface area contributed by atoms with E-state index in [1.54, 1.807) is 16.8 Å². The number of nitrogens with one attached hydrogen (secondary N) is 2. The Hall–Kier alpha value is -2.80. The van der Waals surface area contributed by atoms with Crippen LogP contribution in [0.2, 0.25) is 0 Å². The van der Waals surface area contributed by atoms with E-state index in [0.717, 1.165) is 29.6 Å². The molecule has 7 heteroatoms. The summed E-state index contributed by atoms with van der Waals surface area (Å²) in [7, 11) is 3.56. The molecule has 0 saturated heterocycles. The fourth-order valence-electron chi connectivity index (χ4n) is 2.62. The minimum absolute atomic E-state index is 0.00840. The lowest BCUT2D eigenvalue weighted by atomic mass is 10.1. The Morgan fingerprint density at radius 1 is 1.15 bits per heavy atom. The standard InChI is InChI=1S/C19H22F2N4O/c1-23-7-8-25(13-22)18-6-4-3-5-17(18)24(2)12-19(26)14-9-15(20)11-16(21)10-14/h3-6,9-11,13,22-23H,7-8,12H2,1-2H3. The number of halogens is 2. The van der Waals surface area contributed by atoms with Crippen LogP contribution in [-0.4, -0.2) is 45.9 Å². The van der Waals surface area contributed by atoms with Gasteiger partial charge in [0, 0.05) is 31.8 Å². The first-order valence-electron chi connectivity index (χ1n) is 8.17. The number of nitrogens with zero attached hydrogens (tertiary/aromatic N) is 2. The highest BCUT2D eigenvalue weighted by molar-refractivity contribution is 6.00. The number of ketones is 1. The number of carbonyl (C=O) groups is 1. The molecule has 26 heavy (non-hydrogen) atoms. The van der Waals surface area contributed by atoms with Crippen LogP contribution in [0.3, 0.4) is 0 Å². The van der Waals surface area contributed by atoms with Gasteiger partial charge < -0.3 is 15.1 Å². The van der Waals surface area contributed by atoms with Gasteiger partial charge in [-0.15, -0.1) is 0 Å². The number of hydrogen-bond donors (Lipinski definition) is 2. The number of likely N-dealkylation sites (N-methyl/N-ethyl adjacent to an activating group) is 2. The Bertz CT molecular complexity index is 762. The van der Waals surface area contributed by atoms with Gasteiger partial charge in [-0.25, -0.2) is 8.78 Å². The fraction of sp³-hybridized carbons (Fsp3) is 0.263. The van der Waals surface area contributed by atoms with Gasteiger partial charge in [-0.3, -0.25) is 10.2 Å². The summed E-state index contributed by atoms with van der Waals surface area (Å²) in [6.07, 6.45) is 1.23. The van der Waals surface area contributed by atoms with Crippen LogP contribution in [0.1, 0.15) is 10.4 Å². The van der Waals surface area contributed by atoms with Gasteiger partial charge in [0.05, 0.1) is 24.3 Å². The summed E-state index contributed by atoms with van der Waals surface area (Å²) in [4.78, 5) is 15.9. The SMILES string of the molecule is CNCCN(C=N)c1ccccc1N(C)CC(=O)c1cc(F)cc(F)c1. The molecule has 0 fully saturated rings. The molecule has 138 valence electrons. The normalized spacial score (nSPS) is 10.5. The van der Waals surface area contributed by atoms with Gasteiger partial charge in [0.25, 0.3) is 0 Å². The number of carbonyl (C=O) groups excluding carboxylic acids is 1. The molecule has 5 nitrogen and oxygen atoms in total. The van der Waals surface area contributed by atoms with Crippen molar-refractivity contribution in [1.82, 2.24) is 5.32 Å². The smallest absolute Gasteiger partial charge is 0.182 e. The third-order valence-corrected chi connectivity index (χ3v) is 3.93. The van der Waals surface area contributed by atoms with Crippen molar-refractivity contribution < 1.29 is 13.6 Å². The Morgan fingerprint density at radius 2 is 1.77 bits per heavy atom. The van der Waals surface area contributed by atoms with E-state index in [2.05, 4.69) is 5.32 Å². The monoisotopic (exact) mass is 360 g/mol. The molecule has 0 aliphatic rings. The van der Waals surface area contributed by atoms with Crippen molar-refractivity contribution in [3.05, 3.63) is 59.7 Å². The summed E-state index contributed by atoms with van der Waals surface area (Å²) in [6, 6.07) is 10.2. The Labute approximate surface area is 151 Å². The molecule has 0 unspecified atom stereocenters. The molecular weight excluding hydrogens is 338 g/mol. The van der Waals surface area contributed by atoms with Crippen LogP contribution in [0.4, 0.5) is 20.2 Å². The van der Waals surface area contributed by atoms with Gasteiger partial charge in [0.2, 0.25) is 0 Å². The van der Waals surface area contributed by atoms with Crippen molar-refractivity contribution in [3.8, 4) is 0 Å². The maximum Gasteiger partial charge on any atom is 0.182 e. The zero-order valence-corrected chi connectivity index (χ0v) is 14.8. The highest BCUT2D eigenvalue weighted by Gasteiger charge is 2.16. The molecule has 2 aromatic rings. The van der Waals surface area contributed by atoms with Crippen LogP contribution in [0.5, 0.6) is 0 Å². The van der Waals surface area contributed by atoms with E-state index in [9.17, 15) is 13.6 Å². The number of anilines is 2. The molecule has 0 heterocycles. The van der Waals surface area contributed by atoms with E-state index in [1.807, 2.05) is 31.3 Å². The van der Waals surface area contributed by atoms with Crippen LogP contribution < -0.4 is 15.1 Å².